The molecule has 0 saturated carbocycles. The molecule has 0 fully saturated rings. The molecule has 0 radical (unpaired) electrons. The second-order valence-electron chi connectivity index (χ2n) is 6.58. The molecule has 5 rings (SSSR count). The summed E-state index contributed by atoms with van der Waals surface area (Å²) in [4.78, 5) is 0. The molecule has 0 aromatic heterocycles. The summed E-state index contributed by atoms with van der Waals surface area (Å²) in [6.45, 7) is 0. The van der Waals surface area contributed by atoms with Crippen molar-refractivity contribution in [3.05, 3.63) is 108 Å². The van der Waals surface area contributed by atoms with Crippen LogP contribution in [0.1, 0.15) is 11.1 Å². The van der Waals surface area contributed by atoms with Crippen LogP contribution in [-0.2, 0) is 6.42 Å². The van der Waals surface area contributed by atoms with Gasteiger partial charge in [0, 0.05) is 0 Å². The van der Waals surface area contributed by atoms with E-state index < -0.39 is 0 Å². The maximum Gasteiger partial charge on any atom is -0.000706 e. The summed E-state index contributed by atoms with van der Waals surface area (Å²) in [7, 11) is 0. The predicted molar refractivity (Wildman–Crippen MR) is 106 cm³/mol. The molecule has 0 aliphatic heterocycles. The van der Waals surface area contributed by atoms with Crippen LogP contribution in [0.3, 0.4) is 0 Å². The van der Waals surface area contributed by atoms with Crippen LogP contribution in [0.4, 0.5) is 0 Å². The average molecular weight is 318 g/mol. The minimum atomic E-state index is 1.01. The molecule has 0 N–H and O–H groups in total. The van der Waals surface area contributed by atoms with E-state index in [9.17, 15) is 0 Å². The zero-order valence-electron chi connectivity index (χ0n) is 13.9. The molecule has 1 aliphatic carbocycles. The van der Waals surface area contributed by atoms with Gasteiger partial charge in [-0.05, 0) is 50.9 Å². The van der Waals surface area contributed by atoms with Crippen LogP contribution in [-0.4, -0.2) is 0 Å². The lowest BCUT2D eigenvalue weighted by Crippen LogP contribution is -1.92. The molecule has 1 aliphatic rings. The molecule has 0 amide bonds. The summed E-state index contributed by atoms with van der Waals surface area (Å²) in [5.41, 5.74) is 10.9. The summed E-state index contributed by atoms with van der Waals surface area (Å²) >= 11 is 0. The molecule has 0 bridgehead atoms. The van der Waals surface area contributed by atoms with Gasteiger partial charge in [0.2, 0.25) is 0 Å². The van der Waals surface area contributed by atoms with Gasteiger partial charge in [0.1, 0.15) is 0 Å². The molecule has 25 heavy (non-hydrogen) atoms. The van der Waals surface area contributed by atoms with Crippen LogP contribution in [0.2, 0.25) is 0 Å². The predicted octanol–water partition coefficient (Wildman–Crippen LogP) is 6.59. The van der Waals surface area contributed by atoms with Gasteiger partial charge in [0.05, 0.1) is 0 Å². The van der Waals surface area contributed by atoms with Gasteiger partial charge in [-0.3, -0.25) is 0 Å². The lowest BCUT2D eigenvalue weighted by Gasteiger charge is -2.16. The molecule has 0 heteroatoms. The second-order valence-corrected chi connectivity index (χ2v) is 6.58. The van der Waals surface area contributed by atoms with Crippen LogP contribution in [0.5, 0.6) is 0 Å². The van der Waals surface area contributed by atoms with Crippen molar-refractivity contribution < 1.29 is 0 Å². The maximum atomic E-state index is 2.30. The molecule has 4 aromatic rings. The first-order valence-electron chi connectivity index (χ1n) is 8.77. The van der Waals surface area contributed by atoms with Gasteiger partial charge in [0.15, 0.2) is 0 Å². The van der Waals surface area contributed by atoms with Crippen LogP contribution in [0.25, 0.3) is 33.4 Å². The standard InChI is InChI=1S/C25H18/c1-3-9-18(10-4-1)22-15-16-23-21-14-8-7-13-20(21)17-24(23)25(22)19-11-5-2-6-12-19/h1-16H,17H2. The third-order valence-corrected chi connectivity index (χ3v) is 5.13. The fraction of sp³-hybridized carbons (Fsp3) is 0.0400. The quantitative estimate of drug-likeness (QED) is 0.344. The van der Waals surface area contributed by atoms with Crippen molar-refractivity contribution in [1.29, 1.82) is 0 Å². The Morgan fingerprint density at radius 3 is 1.80 bits per heavy atom. The summed E-state index contributed by atoms with van der Waals surface area (Å²) in [6.07, 6.45) is 1.01. The third kappa shape index (κ3) is 2.30. The Balaban J connectivity index is 1.82. The van der Waals surface area contributed by atoms with E-state index in [-0.39, 0.29) is 0 Å². The van der Waals surface area contributed by atoms with Crippen molar-refractivity contribution in [2.24, 2.45) is 0 Å². The smallest absolute Gasteiger partial charge is 0.000706 e. The Labute approximate surface area is 148 Å². The Hall–Kier alpha value is -3.12. The Kier molecular flexibility index (Phi) is 3.28. The lowest BCUT2D eigenvalue weighted by atomic mass is 9.88. The number of rotatable bonds is 2. The molecular weight excluding hydrogens is 300 g/mol. The summed E-state index contributed by atoms with van der Waals surface area (Å²) in [6, 6.07) is 34.9. The van der Waals surface area contributed by atoms with Gasteiger partial charge in [-0.15, -0.1) is 0 Å². The maximum absolute atomic E-state index is 2.30. The van der Waals surface area contributed by atoms with Gasteiger partial charge in [-0.25, -0.2) is 0 Å². The third-order valence-electron chi connectivity index (χ3n) is 5.13. The van der Waals surface area contributed by atoms with Crippen LogP contribution in [0.15, 0.2) is 97.1 Å². The fourth-order valence-electron chi connectivity index (χ4n) is 4.00. The summed E-state index contributed by atoms with van der Waals surface area (Å²) in [5.74, 6) is 0. The number of hydrogen-bond donors (Lipinski definition) is 0. The highest BCUT2D eigenvalue weighted by atomic mass is 14.3. The van der Waals surface area contributed by atoms with Crippen molar-refractivity contribution in [2.45, 2.75) is 6.42 Å². The molecule has 4 aromatic carbocycles. The Bertz CT molecular complexity index is 1040. The molecule has 0 heterocycles. The topological polar surface area (TPSA) is 0 Å². The average Bonchev–Trinajstić information content (AvgIpc) is 3.07. The van der Waals surface area contributed by atoms with Crippen molar-refractivity contribution >= 4 is 0 Å². The molecule has 0 nitrogen and oxygen atoms in total. The highest BCUT2D eigenvalue weighted by Crippen LogP contribution is 2.45. The largest absolute Gasteiger partial charge is 0.0622 e. The SMILES string of the molecule is c1ccc(-c2ccc3c(c2-c2ccccc2)Cc2ccccc2-3)cc1. The minimum Gasteiger partial charge on any atom is -0.0622 e. The van der Waals surface area contributed by atoms with Gasteiger partial charge in [-0.1, -0.05) is 97.1 Å². The minimum absolute atomic E-state index is 1.01. The van der Waals surface area contributed by atoms with E-state index >= 15 is 0 Å². The summed E-state index contributed by atoms with van der Waals surface area (Å²) < 4.78 is 0. The van der Waals surface area contributed by atoms with Crippen LogP contribution in [0, 0.1) is 0 Å². The van der Waals surface area contributed by atoms with E-state index in [4.69, 9.17) is 0 Å². The first kappa shape index (κ1) is 14.2. The van der Waals surface area contributed by atoms with Crippen LogP contribution < -0.4 is 0 Å². The lowest BCUT2D eigenvalue weighted by molar-refractivity contribution is 1.26. The first-order valence-corrected chi connectivity index (χ1v) is 8.77. The highest BCUT2D eigenvalue weighted by Gasteiger charge is 2.23. The van der Waals surface area contributed by atoms with Gasteiger partial charge < -0.3 is 0 Å². The van der Waals surface area contributed by atoms with Crippen molar-refractivity contribution in [2.75, 3.05) is 0 Å². The number of hydrogen-bond acceptors (Lipinski definition) is 0. The summed E-state index contributed by atoms with van der Waals surface area (Å²) in [5, 5.41) is 0. The normalized spacial score (nSPS) is 11.8. The van der Waals surface area contributed by atoms with Crippen molar-refractivity contribution in [3.8, 4) is 33.4 Å². The van der Waals surface area contributed by atoms with E-state index in [1.807, 2.05) is 0 Å². The van der Waals surface area contributed by atoms with Gasteiger partial charge >= 0.3 is 0 Å². The van der Waals surface area contributed by atoms with Crippen molar-refractivity contribution in [3.63, 3.8) is 0 Å². The fourth-order valence-corrected chi connectivity index (χ4v) is 4.00. The number of fused-ring (bicyclic) bond motifs is 3. The molecular formula is C25H18. The van der Waals surface area contributed by atoms with E-state index in [1.165, 1.54) is 44.5 Å². The molecule has 0 spiro atoms. The van der Waals surface area contributed by atoms with Gasteiger partial charge in [-0.2, -0.15) is 0 Å². The van der Waals surface area contributed by atoms with Crippen molar-refractivity contribution in [1.82, 2.24) is 0 Å². The zero-order chi connectivity index (χ0) is 16.6. The number of benzene rings is 4. The molecule has 0 saturated heterocycles. The molecule has 0 atom stereocenters. The van der Waals surface area contributed by atoms with Crippen LogP contribution >= 0.6 is 0 Å². The zero-order valence-corrected chi connectivity index (χ0v) is 13.9. The van der Waals surface area contributed by atoms with E-state index in [1.54, 1.807) is 0 Å². The highest BCUT2D eigenvalue weighted by molar-refractivity contribution is 5.93. The van der Waals surface area contributed by atoms with E-state index in [2.05, 4.69) is 97.1 Å². The Morgan fingerprint density at radius 2 is 1.04 bits per heavy atom. The second kappa shape index (κ2) is 5.75. The van der Waals surface area contributed by atoms with E-state index in [0.717, 1.165) is 6.42 Å². The monoisotopic (exact) mass is 318 g/mol. The molecule has 118 valence electrons. The first-order chi connectivity index (χ1) is 12.4. The van der Waals surface area contributed by atoms with E-state index in [0.29, 0.717) is 0 Å². The van der Waals surface area contributed by atoms with Gasteiger partial charge in [0.25, 0.3) is 0 Å². The Morgan fingerprint density at radius 1 is 0.440 bits per heavy atom. The molecule has 0 unspecified atom stereocenters.